The van der Waals surface area contributed by atoms with Crippen LogP contribution in [-0.2, 0) is 11.2 Å². The molecule has 21 heavy (non-hydrogen) atoms. The Kier molecular flexibility index (Phi) is 3.00. The van der Waals surface area contributed by atoms with Gasteiger partial charge in [-0.15, -0.1) is 0 Å². The lowest BCUT2D eigenvalue weighted by molar-refractivity contribution is -0.120. The number of aromatic amines is 1. The number of hydrogen-bond acceptors (Lipinski definition) is 2. The van der Waals surface area contributed by atoms with Gasteiger partial charge in [-0.3, -0.25) is 9.69 Å². The summed E-state index contributed by atoms with van der Waals surface area (Å²) in [5, 5.41) is 4.47. The predicted octanol–water partition coefficient (Wildman–Crippen LogP) is 2.37. The van der Waals surface area contributed by atoms with Crippen molar-refractivity contribution in [2.24, 2.45) is 0 Å². The first-order chi connectivity index (χ1) is 10.2. The molecule has 1 saturated heterocycles. The van der Waals surface area contributed by atoms with Gasteiger partial charge < -0.3 is 10.3 Å². The normalized spacial score (nSPS) is 25.4. The van der Waals surface area contributed by atoms with Crippen LogP contribution in [0.5, 0.6) is 0 Å². The molecule has 2 aliphatic heterocycles. The SMILES string of the molecule is CC(=O)NC1CCN2CCc3c([nH]c4ccccc34)[C@@H]2C1. The molecule has 2 N–H and O–H groups in total. The highest BCUT2D eigenvalue weighted by Crippen LogP contribution is 2.39. The molecule has 1 aromatic heterocycles. The molecule has 3 heterocycles. The van der Waals surface area contributed by atoms with Gasteiger partial charge in [0.2, 0.25) is 5.91 Å². The minimum absolute atomic E-state index is 0.0844. The minimum Gasteiger partial charge on any atom is -0.357 e. The number of carbonyl (C=O) groups is 1. The Balaban J connectivity index is 1.70. The second-order valence-electron chi connectivity index (χ2n) is 6.29. The first-order valence-electron chi connectivity index (χ1n) is 7.83. The van der Waals surface area contributed by atoms with E-state index in [-0.39, 0.29) is 5.91 Å². The Morgan fingerprint density at radius 2 is 2.19 bits per heavy atom. The number of H-pyrrole nitrogens is 1. The van der Waals surface area contributed by atoms with Crippen LogP contribution in [-0.4, -0.2) is 34.9 Å². The van der Waals surface area contributed by atoms with Crippen LogP contribution in [0, 0.1) is 0 Å². The van der Waals surface area contributed by atoms with Crippen molar-refractivity contribution in [3.8, 4) is 0 Å². The quantitative estimate of drug-likeness (QED) is 0.844. The van der Waals surface area contributed by atoms with E-state index in [0.717, 1.165) is 32.4 Å². The standard InChI is InChI=1S/C17H21N3O/c1-11(21)18-12-6-8-20-9-7-14-13-4-2-3-5-15(13)19-17(14)16(20)10-12/h2-5,12,16,19H,6-10H2,1H3,(H,18,21)/t12?,16-/m0/s1. The average molecular weight is 283 g/mol. The maximum atomic E-state index is 11.3. The van der Waals surface area contributed by atoms with Gasteiger partial charge in [0, 0.05) is 42.7 Å². The van der Waals surface area contributed by atoms with Crippen LogP contribution in [0.3, 0.4) is 0 Å². The number of nitrogens with one attached hydrogen (secondary N) is 2. The third-order valence-corrected chi connectivity index (χ3v) is 4.95. The van der Waals surface area contributed by atoms with Crippen molar-refractivity contribution in [1.82, 2.24) is 15.2 Å². The van der Waals surface area contributed by atoms with Crippen molar-refractivity contribution in [1.29, 1.82) is 0 Å². The second kappa shape index (κ2) is 4.88. The number of piperidine rings is 1. The van der Waals surface area contributed by atoms with Crippen LogP contribution in [0.15, 0.2) is 24.3 Å². The summed E-state index contributed by atoms with van der Waals surface area (Å²) in [7, 11) is 0. The number of hydrogen-bond donors (Lipinski definition) is 2. The van der Waals surface area contributed by atoms with E-state index in [1.807, 2.05) is 0 Å². The fourth-order valence-electron chi connectivity index (χ4n) is 4.03. The van der Waals surface area contributed by atoms with E-state index in [2.05, 4.69) is 39.5 Å². The zero-order valence-electron chi connectivity index (χ0n) is 12.4. The summed E-state index contributed by atoms with van der Waals surface area (Å²) in [6, 6.07) is 9.31. The minimum atomic E-state index is 0.0844. The zero-order valence-corrected chi connectivity index (χ0v) is 12.4. The smallest absolute Gasteiger partial charge is 0.217 e. The highest BCUT2D eigenvalue weighted by atomic mass is 16.1. The summed E-state index contributed by atoms with van der Waals surface area (Å²) in [4.78, 5) is 17.5. The summed E-state index contributed by atoms with van der Waals surface area (Å²) in [5.74, 6) is 0.0844. The van der Waals surface area contributed by atoms with E-state index in [9.17, 15) is 4.79 Å². The molecule has 1 amide bonds. The van der Waals surface area contributed by atoms with Crippen molar-refractivity contribution in [3.05, 3.63) is 35.5 Å². The number of benzene rings is 1. The number of carbonyl (C=O) groups excluding carboxylic acids is 1. The monoisotopic (exact) mass is 283 g/mol. The molecule has 4 nitrogen and oxygen atoms in total. The third kappa shape index (κ3) is 2.14. The molecule has 4 rings (SSSR count). The highest BCUT2D eigenvalue weighted by molar-refractivity contribution is 5.85. The molecular formula is C17H21N3O. The molecule has 0 saturated carbocycles. The summed E-state index contributed by atoms with van der Waals surface area (Å²) in [6.07, 6.45) is 3.20. The van der Waals surface area contributed by atoms with Gasteiger partial charge in [-0.05, 0) is 30.9 Å². The van der Waals surface area contributed by atoms with Crippen molar-refractivity contribution < 1.29 is 4.79 Å². The fraction of sp³-hybridized carbons (Fsp3) is 0.471. The zero-order chi connectivity index (χ0) is 14.4. The number of amides is 1. The van der Waals surface area contributed by atoms with Crippen LogP contribution < -0.4 is 5.32 Å². The van der Waals surface area contributed by atoms with Gasteiger partial charge in [0.05, 0.1) is 6.04 Å². The van der Waals surface area contributed by atoms with E-state index in [1.165, 1.54) is 22.2 Å². The Morgan fingerprint density at radius 3 is 3.05 bits per heavy atom. The molecule has 4 heteroatoms. The summed E-state index contributed by atoms with van der Waals surface area (Å²) in [5.41, 5.74) is 4.10. The Labute approximate surface area is 124 Å². The van der Waals surface area contributed by atoms with Gasteiger partial charge in [-0.2, -0.15) is 0 Å². The highest BCUT2D eigenvalue weighted by Gasteiger charge is 2.35. The number of rotatable bonds is 1. The lowest BCUT2D eigenvalue weighted by Crippen LogP contribution is -2.47. The Morgan fingerprint density at radius 1 is 1.33 bits per heavy atom. The molecule has 1 aromatic carbocycles. The van der Waals surface area contributed by atoms with E-state index in [0.29, 0.717) is 12.1 Å². The first kappa shape index (κ1) is 12.9. The largest absolute Gasteiger partial charge is 0.357 e. The van der Waals surface area contributed by atoms with Gasteiger partial charge in [0.15, 0.2) is 0 Å². The van der Waals surface area contributed by atoms with Crippen LogP contribution >= 0.6 is 0 Å². The first-order valence-corrected chi connectivity index (χ1v) is 7.83. The second-order valence-corrected chi connectivity index (χ2v) is 6.29. The molecule has 0 aliphatic carbocycles. The van der Waals surface area contributed by atoms with Crippen molar-refractivity contribution in [2.75, 3.05) is 13.1 Å². The number of nitrogens with zero attached hydrogens (tertiary/aromatic N) is 1. The fourth-order valence-corrected chi connectivity index (χ4v) is 4.03. The van der Waals surface area contributed by atoms with E-state index in [1.54, 1.807) is 6.92 Å². The molecule has 110 valence electrons. The molecule has 0 spiro atoms. The molecule has 2 aromatic rings. The van der Waals surface area contributed by atoms with Crippen LogP contribution in [0.2, 0.25) is 0 Å². The van der Waals surface area contributed by atoms with Crippen LogP contribution in [0.1, 0.15) is 37.1 Å². The topological polar surface area (TPSA) is 48.1 Å². The molecule has 1 fully saturated rings. The number of para-hydroxylation sites is 1. The molecule has 2 atom stereocenters. The maximum Gasteiger partial charge on any atom is 0.217 e. The van der Waals surface area contributed by atoms with Crippen molar-refractivity contribution in [3.63, 3.8) is 0 Å². The van der Waals surface area contributed by atoms with Gasteiger partial charge in [0.25, 0.3) is 0 Å². The predicted molar refractivity (Wildman–Crippen MR) is 83.2 cm³/mol. The van der Waals surface area contributed by atoms with E-state index in [4.69, 9.17) is 0 Å². The number of fused-ring (bicyclic) bond motifs is 5. The lowest BCUT2D eigenvalue weighted by Gasteiger charge is -2.42. The lowest BCUT2D eigenvalue weighted by atomic mass is 9.88. The summed E-state index contributed by atoms with van der Waals surface area (Å²) in [6.45, 7) is 3.82. The van der Waals surface area contributed by atoms with Crippen molar-refractivity contribution in [2.45, 2.75) is 38.3 Å². The molecule has 0 bridgehead atoms. The van der Waals surface area contributed by atoms with Gasteiger partial charge in [-0.25, -0.2) is 0 Å². The Bertz CT molecular complexity index is 690. The van der Waals surface area contributed by atoms with E-state index < -0.39 is 0 Å². The molecule has 2 aliphatic rings. The summed E-state index contributed by atoms with van der Waals surface area (Å²) >= 11 is 0. The number of aromatic nitrogens is 1. The van der Waals surface area contributed by atoms with E-state index >= 15 is 0 Å². The van der Waals surface area contributed by atoms with Crippen LogP contribution in [0.4, 0.5) is 0 Å². The Hall–Kier alpha value is -1.81. The third-order valence-electron chi connectivity index (χ3n) is 4.95. The maximum absolute atomic E-state index is 11.3. The molecule has 0 radical (unpaired) electrons. The molecular weight excluding hydrogens is 262 g/mol. The average Bonchev–Trinajstić information content (AvgIpc) is 2.85. The van der Waals surface area contributed by atoms with Gasteiger partial charge >= 0.3 is 0 Å². The summed E-state index contributed by atoms with van der Waals surface area (Å²) < 4.78 is 0. The van der Waals surface area contributed by atoms with Gasteiger partial charge in [0.1, 0.15) is 0 Å². The molecule has 1 unspecified atom stereocenters. The van der Waals surface area contributed by atoms with Crippen LogP contribution in [0.25, 0.3) is 10.9 Å². The van der Waals surface area contributed by atoms with Crippen molar-refractivity contribution >= 4 is 16.8 Å². The van der Waals surface area contributed by atoms with Gasteiger partial charge in [-0.1, -0.05) is 18.2 Å².